The third kappa shape index (κ3) is 4.44. The number of carbonyl (C=O) groups excluding carboxylic acids is 1. The van der Waals surface area contributed by atoms with E-state index in [0.29, 0.717) is 38.1 Å². The zero-order valence-electron chi connectivity index (χ0n) is 20.1. The van der Waals surface area contributed by atoms with Crippen LogP contribution in [0.5, 0.6) is 17.2 Å². The Morgan fingerprint density at radius 2 is 1.80 bits per heavy atom. The number of hydrogen-bond acceptors (Lipinski definition) is 5. The van der Waals surface area contributed by atoms with Crippen LogP contribution >= 0.6 is 0 Å². The molecule has 35 heavy (non-hydrogen) atoms. The highest BCUT2D eigenvalue weighted by atomic mass is 19.1. The molecule has 1 fully saturated rings. The number of aryl methyl sites for hydroxylation is 1. The lowest BCUT2D eigenvalue weighted by molar-refractivity contribution is -0.225. The lowest BCUT2D eigenvalue weighted by Gasteiger charge is -2.44. The number of hydrogen-bond donors (Lipinski definition) is 0. The Morgan fingerprint density at radius 1 is 1.00 bits per heavy atom. The summed E-state index contributed by atoms with van der Waals surface area (Å²) in [6.07, 6.45) is 1.08. The number of ether oxygens (including phenoxy) is 4. The highest BCUT2D eigenvalue weighted by molar-refractivity contribution is 5.95. The number of likely N-dealkylation sites (tertiary alicyclic amines) is 1. The molecule has 1 saturated heterocycles. The molecule has 0 aliphatic carbocycles. The highest BCUT2D eigenvalue weighted by Crippen LogP contribution is 2.41. The van der Waals surface area contributed by atoms with Crippen LogP contribution in [0.4, 0.5) is 4.39 Å². The maximum atomic E-state index is 13.7. The Labute approximate surface area is 204 Å². The smallest absolute Gasteiger partial charge is 0.254 e. The Hall–Kier alpha value is -3.58. The Morgan fingerprint density at radius 3 is 2.54 bits per heavy atom. The number of methoxy groups -OCH3 is 2. The number of benzene rings is 3. The van der Waals surface area contributed by atoms with Crippen LogP contribution < -0.4 is 14.2 Å². The van der Waals surface area contributed by atoms with E-state index in [1.165, 1.54) is 12.1 Å². The molecule has 1 amide bonds. The van der Waals surface area contributed by atoms with Crippen molar-refractivity contribution in [3.8, 4) is 28.4 Å². The predicted octanol–water partition coefficient (Wildman–Crippen LogP) is 5.36. The largest absolute Gasteiger partial charge is 0.497 e. The molecular formula is C28H28FNO5. The molecule has 0 saturated carbocycles. The standard InChI is InChI=1S/C28H28FNO5/c1-18-4-6-21(29)15-24(18)27(31)30-12-10-28(11-13-30)34-17-20-14-19(5-9-25(20)35-28)23-8-7-22(32-2)16-26(23)33-3/h4-9,14-16H,10-13,17H2,1-3H3. The van der Waals surface area contributed by atoms with E-state index in [4.69, 9.17) is 18.9 Å². The van der Waals surface area contributed by atoms with Crippen LogP contribution in [0.2, 0.25) is 0 Å². The number of rotatable bonds is 4. The summed E-state index contributed by atoms with van der Waals surface area (Å²) in [6, 6.07) is 16.1. The minimum atomic E-state index is -0.764. The zero-order valence-corrected chi connectivity index (χ0v) is 20.1. The van der Waals surface area contributed by atoms with Crippen molar-refractivity contribution in [3.05, 3.63) is 77.1 Å². The van der Waals surface area contributed by atoms with Crippen molar-refractivity contribution in [1.29, 1.82) is 0 Å². The first-order chi connectivity index (χ1) is 16.9. The van der Waals surface area contributed by atoms with Crippen molar-refractivity contribution in [2.75, 3.05) is 27.3 Å². The summed E-state index contributed by atoms with van der Waals surface area (Å²) in [4.78, 5) is 14.7. The summed E-state index contributed by atoms with van der Waals surface area (Å²) in [7, 11) is 3.26. The first-order valence-electron chi connectivity index (χ1n) is 11.6. The SMILES string of the molecule is COc1ccc(-c2ccc3c(c2)COC2(CCN(C(=O)c4cc(F)ccc4C)CC2)O3)c(OC)c1. The second-order valence-corrected chi connectivity index (χ2v) is 8.94. The van der Waals surface area contributed by atoms with E-state index in [-0.39, 0.29) is 5.91 Å². The molecule has 0 N–H and O–H groups in total. The van der Waals surface area contributed by atoms with Gasteiger partial charge in [-0.3, -0.25) is 4.79 Å². The van der Waals surface area contributed by atoms with Gasteiger partial charge in [0, 0.05) is 48.7 Å². The topological polar surface area (TPSA) is 57.2 Å². The molecular weight excluding hydrogens is 449 g/mol. The van der Waals surface area contributed by atoms with Gasteiger partial charge in [0.1, 0.15) is 23.1 Å². The summed E-state index contributed by atoms with van der Waals surface area (Å²) in [5.74, 6) is 0.910. The summed E-state index contributed by atoms with van der Waals surface area (Å²) in [5.41, 5.74) is 4.08. The van der Waals surface area contributed by atoms with E-state index in [0.717, 1.165) is 39.5 Å². The van der Waals surface area contributed by atoms with Crippen LogP contribution in [-0.2, 0) is 11.3 Å². The number of piperidine rings is 1. The van der Waals surface area contributed by atoms with Crippen LogP contribution in [0.1, 0.15) is 34.3 Å². The van der Waals surface area contributed by atoms with Crippen LogP contribution in [0.25, 0.3) is 11.1 Å². The second-order valence-electron chi connectivity index (χ2n) is 8.94. The average Bonchev–Trinajstić information content (AvgIpc) is 2.89. The van der Waals surface area contributed by atoms with Gasteiger partial charge in [-0.05, 0) is 54.4 Å². The Balaban J connectivity index is 1.30. The highest BCUT2D eigenvalue weighted by Gasteiger charge is 2.42. The summed E-state index contributed by atoms with van der Waals surface area (Å²) < 4.78 is 37.1. The summed E-state index contributed by atoms with van der Waals surface area (Å²) >= 11 is 0. The van der Waals surface area contributed by atoms with Gasteiger partial charge in [-0.25, -0.2) is 4.39 Å². The van der Waals surface area contributed by atoms with Crippen molar-refractivity contribution < 1.29 is 28.1 Å². The maximum absolute atomic E-state index is 13.7. The van der Waals surface area contributed by atoms with Gasteiger partial charge in [0.05, 0.1) is 20.8 Å². The number of carbonyl (C=O) groups is 1. The fourth-order valence-electron chi connectivity index (χ4n) is 4.73. The van der Waals surface area contributed by atoms with E-state index in [1.807, 2.05) is 37.3 Å². The van der Waals surface area contributed by atoms with Gasteiger partial charge in [-0.15, -0.1) is 0 Å². The van der Waals surface area contributed by atoms with Gasteiger partial charge in [-0.1, -0.05) is 12.1 Å². The van der Waals surface area contributed by atoms with Crippen molar-refractivity contribution in [2.24, 2.45) is 0 Å². The molecule has 1 spiro atoms. The van der Waals surface area contributed by atoms with Gasteiger partial charge < -0.3 is 23.8 Å². The summed E-state index contributed by atoms with van der Waals surface area (Å²) in [6.45, 7) is 3.19. The molecule has 7 heteroatoms. The first-order valence-corrected chi connectivity index (χ1v) is 11.6. The molecule has 0 bridgehead atoms. The van der Waals surface area contributed by atoms with E-state index < -0.39 is 11.6 Å². The number of halogens is 1. The number of amides is 1. The molecule has 0 radical (unpaired) electrons. The van der Waals surface area contributed by atoms with Crippen LogP contribution in [0, 0.1) is 12.7 Å². The minimum absolute atomic E-state index is 0.161. The monoisotopic (exact) mass is 477 g/mol. The van der Waals surface area contributed by atoms with Gasteiger partial charge >= 0.3 is 0 Å². The average molecular weight is 478 g/mol. The molecule has 182 valence electrons. The number of fused-ring (bicyclic) bond motifs is 1. The quantitative estimate of drug-likeness (QED) is 0.506. The fourth-order valence-corrected chi connectivity index (χ4v) is 4.73. The van der Waals surface area contributed by atoms with Gasteiger partial charge in [-0.2, -0.15) is 0 Å². The van der Waals surface area contributed by atoms with Gasteiger partial charge in [0.25, 0.3) is 5.91 Å². The van der Waals surface area contributed by atoms with Crippen LogP contribution in [0.3, 0.4) is 0 Å². The molecule has 0 atom stereocenters. The molecule has 2 aliphatic heterocycles. The normalized spacial score (nSPS) is 16.4. The molecule has 0 unspecified atom stereocenters. The molecule has 3 aromatic rings. The molecule has 2 heterocycles. The Kier molecular flexibility index (Phi) is 6.11. The van der Waals surface area contributed by atoms with Crippen LogP contribution in [-0.4, -0.2) is 43.9 Å². The van der Waals surface area contributed by atoms with E-state index in [1.54, 1.807) is 25.2 Å². The third-order valence-corrected chi connectivity index (χ3v) is 6.81. The lowest BCUT2D eigenvalue weighted by Crippen LogP contribution is -2.52. The van der Waals surface area contributed by atoms with E-state index >= 15 is 0 Å². The molecule has 5 rings (SSSR count). The van der Waals surface area contributed by atoms with Crippen molar-refractivity contribution in [2.45, 2.75) is 32.2 Å². The third-order valence-electron chi connectivity index (χ3n) is 6.81. The molecule has 6 nitrogen and oxygen atoms in total. The van der Waals surface area contributed by atoms with Gasteiger partial charge in [0.2, 0.25) is 5.79 Å². The van der Waals surface area contributed by atoms with Gasteiger partial charge in [0.15, 0.2) is 0 Å². The van der Waals surface area contributed by atoms with E-state index in [2.05, 4.69) is 6.07 Å². The molecule has 3 aromatic carbocycles. The zero-order chi connectivity index (χ0) is 24.6. The van der Waals surface area contributed by atoms with Crippen molar-refractivity contribution in [1.82, 2.24) is 4.90 Å². The summed E-state index contributed by atoms with van der Waals surface area (Å²) in [5, 5.41) is 0. The number of nitrogens with zero attached hydrogens (tertiary/aromatic N) is 1. The first kappa shape index (κ1) is 23.2. The Bertz CT molecular complexity index is 1270. The predicted molar refractivity (Wildman–Crippen MR) is 129 cm³/mol. The second kappa shape index (κ2) is 9.23. The van der Waals surface area contributed by atoms with Crippen LogP contribution in [0.15, 0.2) is 54.6 Å². The lowest BCUT2D eigenvalue weighted by atomic mass is 9.98. The van der Waals surface area contributed by atoms with Crippen molar-refractivity contribution >= 4 is 5.91 Å². The maximum Gasteiger partial charge on any atom is 0.254 e. The minimum Gasteiger partial charge on any atom is -0.497 e. The van der Waals surface area contributed by atoms with Crippen molar-refractivity contribution in [3.63, 3.8) is 0 Å². The van der Waals surface area contributed by atoms with E-state index in [9.17, 15) is 9.18 Å². The fraction of sp³-hybridized carbons (Fsp3) is 0.321. The molecule has 0 aromatic heterocycles. The molecule has 2 aliphatic rings.